The number of rotatable bonds is 5. The van der Waals surface area contributed by atoms with E-state index in [1.54, 1.807) is 6.08 Å². The second-order valence-corrected chi connectivity index (χ2v) is 6.08. The normalized spacial score (nSPS) is 39.5. The number of allylic oxidation sites excluding steroid dienone is 3. The molecule has 1 heterocycles. The quantitative estimate of drug-likeness (QED) is 0.551. The predicted octanol–water partition coefficient (Wildman–Crippen LogP) is 0.0930. The molecule has 5 nitrogen and oxygen atoms in total. The van der Waals surface area contributed by atoms with Gasteiger partial charge in [0.2, 0.25) is 11.8 Å². The number of aliphatic hydroxyl groups excluding tert-OH is 2. The number of imide groups is 1. The van der Waals surface area contributed by atoms with Crippen LogP contribution in [0.4, 0.5) is 0 Å². The van der Waals surface area contributed by atoms with Crippen molar-refractivity contribution in [2.24, 2.45) is 23.2 Å². The lowest BCUT2D eigenvalue weighted by Crippen LogP contribution is -2.41. The lowest BCUT2D eigenvalue weighted by Gasteiger charge is -2.29. The van der Waals surface area contributed by atoms with Gasteiger partial charge in [-0.1, -0.05) is 18.2 Å². The van der Waals surface area contributed by atoms with E-state index in [9.17, 15) is 14.7 Å². The maximum absolute atomic E-state index is 12.6. The van der Waals surface area contributed by atoms with E-state index in [2.05, 4.69) is 12.7 Å². The highest BCUT2D eigenvalue weighted by molar-refractivity contribution is 6.06. The smallest absolute Gasteiger partial charge is 0.234 e. The highest BCUT2D eigenvalue weighted by Gasteiger charge is 2.65. The number of β-amino-alcohol motifs (C(OH)–C–C–N with tert-alkyl or cyclic N) is 1. The number of amides is 2. The van der Waals surface area contributed by atoms with E-state index in [1.807, 2.05) is 6.08 Å². The topological polar surface area (TPSA) is 77.8 Å². The molecule has 2 fully saturated rings. The minimum absolute atomic E-state index is 0.113. The number of carbonyl (C=O) groups is 2. The van der Waals surface area contributed by atoms with Crippen molar-refractivity contribution in [3.05, 3.63) is 24.8 Å². The van der Waals surface area contributed by atoms with Gasteiger partial charge in [0.05, 0.1) is 31.1 Å². The number of likely N-dealkylation sites (tertiary alicyclic amines) is 1. The summed E-state index contributed by atoms with van der Waals surface area (Å²) >= 11 is 0. The molecule has 108 valence electrons. The molecule has 0 aromatic heterocycles. The summed E-state index contributed by atoms with van der Waals surface area (Å²) in [6, 6.07) is 0. The average Bonchev–Trinajstić information content (AvgIpc) is 3.05. The van der Waals surface area contributed by atoms with Gasteiger partial charge in [-0.05, 0) is 18.8 Å². The molecule has 3 rings (SSSR count). The zero-order valence-corrected chi connectivity index (χ0v) is 11.2. The van der Waals surface area contributed by atoms with E-state index in [0.717, 1.165) is 11.3 Å². The van der Waals surface area contributed by atoms with Gasteiger partial charge in [-0.3, -0.25) is 14.5 Å². The third-order valence-corrected chi connectivity index (χ3v) is 4.94. The molecule has 1 saturated heterocycles. The second kappa shape index (κ2) is 4.53. The molecule has 0 aromatic rings. The second-order valence-electron chi connectivity index (χ2n) is 6.08. The lowest BCUT2D eigenvalue weighted by atomic mass is 9.73. The van der Waals surface area contributed by atoms with E-state index in [0.29, 0.717) is 6.42 Å². The molecule has 0 aromatic carbocycles. The standard InChI is InChI=1S/C15H19NO4/c1-2-4-15-5-3-9(6-15)11-12(15)14(20)16(13(11)19)7-10(18)8-17/h2-3,5,9-12,17-18H,1,4,6-8H2. The summed E-state index contributed by atoms with van der Waals surface area (Å²) < 4.78 is 0. The summed E-state index contributed by atoms with van der Waals surface area (Å²) in [4.78, 5) is 26.1. The molecule has 2 aliphatic carbocycles. The SMILES string of the molecule is C=CCC12C=CC(C1)C1C(=O)N(CC(O)CO)C(=O)C12. The van der Waals surface area contributed by atoms with Crippen molar-refractivity contribution >= 4 is 11.8 Å². The molecule has 0 radical (unpaired) electrons. The maximum atomic E-state index is 12.6. The van der Waals surface area contributed by atoms with E-state index in [4.69, 9.17) is 5.11 Å². The first-order valence-electron chi connectivity index (χ1n) is 6.98. The van der Waals surface area contributed by atoms with E-state index >= 15 is 0 Å². The van der Waals surface area contributed by atoms with Crippen molar-refractivity contribution in [2.75, 3.05) is 13.2 Å². The minimum atomic E-state index is -1.07. The highest BCUT2D eigenvalue weighted by Crippen LogP contribution is 2.61. The third kappa shape index (κ3) is 1.63. The van der Waals surface area contributed by atoms with Crippen molar-refractivity contribution in [3.63, 3.8) is 0 Å². The van der Waals surface area contributed by atoms with E-state index < -0.39 is 12.7 Å². The Kier molecular flexibility index (Phi) is 3.06. The lowest BCUT2D eigenvalue weighted by molar-refractivity contribution is -0.143. The summed E-state index contributed by atoms with van der Waals surface area (Å²) in [5.41, 5.74) is -0.275. The van der Waals surface area contributed by atoms with Crippen LogP contribution in [-0.4, -0.2) is 46.2 Å². The molecule has 20 heavy (non-hydrogen) atoms. The van der Waals surface area contributed by atoms with Gasteiger partial charge in [0.25, 0.3) is 0 Å². The number of hydrogen-bond acceptors (Lipinski definition) is 4. The first-order valence-corrected chi connectivity index (χ1v) is 6.98. The van der Waals surface area contributed by atoms with Crippen LogP contribution in [0.5, 0.6) is 0 Å². The van der Waals surface area contributed by atoms with Crippen LogP contribution in [0, 0.1) is 23.2 Å². The molecule has 3 aliphatic rings. The fraction of sp³-hybridized carbons (Fsp3) is 0.600. The highest BCUT2D eigenvalue weighted by atomic mass is 16.3. The maximum Gasteiger partial charge on any atom is 0.234 e. The molecule has 1 aliphatic heterocycles. The molecular formula is C15H19NO4. The van der Waals surface area contributed by atoms with Crippen LogP contribution in [0.25, 0.3) is 0 Å². The van der Waals surface area contributed by atoms with Gasteiger partial charge in [0.1, 0.15) is 0 Å². The number of fused-ring (bicyclic) bond motifs is 5. The van der Waals surface area contributed by atoms with Crippen LogP contribution in [0.2, 0.25) is 0 Å². The van der Waals surface area contributed by atoms with Gasteiger partial charge < -0.3 is 10.2 Å². The molecule has 5 atom stereocenters. The molecule has 5 unspecified atom stereocenters. The van der Waals surface area contributed by atoms with Crippen molar-refractivity contribution < 1.29 is 19.8 Å². The predicted molar refractivity (Wildman–Crippen MR) is 71.3 cm³/mol. The summed E-state index contributed by atoms with van der Waals surface area (Å²) in [5, 5.41) is 18.4. The van der Waals surface area contributed by atoms with Crippen LogP contribution in [0.3, 0.4) is 0 Å². The van der Waals surface area contributed by atoms with Crippen molar-refractivity contribution in [3.8, 4) is 0 Å². The van der Waals surface area contributed by atoms with Gasteiger partial charge in [-0.2, -0.15) is 0 Å². The fourth-order valence-electron chi connectivity index (χ4n) is 4.15. The Balaban J connectivity index is 1.90. The van der Waals surface area contributed by atoms with E-state index in [1.165, 1.54) is 0 Å². The average molecular weight is 277 g/mol. The third-order valence-electron chi connectivity index (χ3n) is 4.94. The minimum Gasteiger partial charge on any atom is -0.394 e. The Bertz CT molecular complexity index is 500. The monoisotopic (exact) mass is 277 g/mol. The molecule has 1 saturated carbocycles. The largest absolute Gasteiger partial charge is 0.394 e. The molecule has 2 N–H and O–H groups in total. The van der Waals surface area contributed by atoms with Gasteiger partial charge in [-0.15, -0.1) is 6.58 Å². The van der Waals surface area contributed by atoms with Crippen molar-refractivity contribution in [1.82, 2.24) is 4.90 Å². The summed E-state index contributed by atoms with van der Waals surface area (Å²) in [7, 11) is 0. The first kappa shape index (κ1) is 13.5. The Hall–Kier alpha value is -1.46. The molecular weight excluding hydrogens is 258 g/mol. The molecule has 2 amide bonds. The van der Waals surface area contributed by atoms with Crippen molar-refractivity contribution in [2.45, 2.75) is 18.9 Å². The fourth-order valence-corrected chi connectivity index (χ4v) is 4.15. The number of hydrogen-bond donors (Lipinski definition) is 2. The number of aliphatic hydroxyl groups is 2. The van der Waals surface area contributed by atoms with Crippen LogP contribution in [0.15, 0.2) is 24.8 Å². The molecule has 5 heteroatoms. The molecule has 2 bridgehead atoms. The zero-order valence-electron chi connectivity index (χ0n) is 11.2. The van der Waals surface area contributed by atoms with Crippen molar-refractivity contribution in [1.29, 1.82) is 0 Å². The van der Waals surface area contributed by atoms with Gasteiger partial charge in [0.15, 0.2) is 0 Å². The Morgan fingerprint density at radius 3 is 2.90 bits per heavy atom. The number of nitrogens with zero attached hydrogens (tertiary/aromatic N) is 1. The number of carbonyl (C=O) groups excluding carboxylic acids is 2. The first-order chi connectivity index (χ1) is 9.54. The van der Waals surface area contributed by atoms with Crippen LogP contribution in [-0.2, 0) is 9.59 Å². The summed E-state index contributed by atoms with van der Waals surface area (Å²) in [5.74, 6) is -0.908. The molecule has 0 spiro atoms. The zero-order chi connectivity index (χ0) is 14.5. The van der Waals surface area contributed by atoms with Crippen LogP contribution < -0.4 is 0 Å². The van der Waals surface area contributed by atoms with Gasteiger partial charge >= 0.3 is 0 Å². The Morgan fingerprint density at radius 2 is 2.25 bits per heavy atom. The summed E-state index contributed by atoms with van der Waals surface area (Å²) in [6.45, 7) is 3.19. The van der Waals surface area contributed by atoms with Crippen LogP contribution >= 0.6 is 0 Å². The Morgan fingerprint density at radius 1 is 1.50 bits per heavy atom. The Labute approximate surface area is 117 Å². The van der Waals surface area contributed by atoms with Gasteiger partial charge in [-0.25, -0.2) is 0 Å². The van der Waals surface area contributed by atoms with E-state index in [-0.39, 0.29) is 41.5 Å². The summed E-state index contributed by atoms with van der Waals surface area (Å²) in [6.07, 6.45) is 6.37. The van der Waals surface area contributed by atoms with Gasteiger partial charge in [0, 0.05) is 5.41 Å². The van der Waals surface area contributed by atoms with Crippen LogP contribution in [0.1, 0.15) is 12.8 Å².